The minimum Gasteiger partial charge on any atom is -1.00 e. The van der Waals surface area contributed by atoms with E-state index >= 15 is 0 Å². The molecule has 0 aromatic carbocycles. The number of hydrogen-bond donors (Lipinski definition) is 2. The Kier molecular flexibility index (Phi) is 18.0. The molecule has 0 aromatic heterocycles. The lowest BCUT2D eigenvalue weighted by atomic mass is 9.89. The van der Waals surface area contributed by atoms with Crippen LogP contribution in [0.25, 0.3) is 0 Å². The molecule has 0 bridgehead atoms. The van der Waals surface area contributed by atoms with Crippen molar-refractivity contribution in [2.75, 3.05) is 26.0 Å². The quantitative estimate of drug-likeness (QED) is 0.129. The van der Waals surface area contributed by atoms with Crippen molar-refractivity contribution in [3.05, 3.63) is 22.5 Å². The van der Waals surface area contributed by atoms with Gasteiger partial charge in [-0.2, -0.15) is 11.8 Å². The fourth-order valence-corrected chi connectivity index (χ4v) is 7.08. The van der Waals surface area contributed by atoms with Gasteiger partial charge in [0.15, 0.2) is 11.7 Å². The number of methoxy groups -OCH3 is 1. The number of unbranched alkanes of at least 4 members (excludes halogenated alkanes) is 13. The van der Waals surface area contributed by atoms with Crippen molar-refractivity contribution in [1.82, 2.24) is 5.32 Å². The molecule has 2 aliphatic rings. The molecule has 1 saturated heterocycles. The van der Waals surface area contributed by atoms with Crippen molar-refractivity contribution in [2.45, 2.75) is 135 Å². The highest BCUT2D eigenvalue weighted by atomic mass is 35.5. The maximum Gasteiger partial charge on any atom is 0.462 e. The number of allylic oxidation sites excluding steroid dienone is 1. The van der Waals surface area contributed by atoms with Gasteiger partial charge in [0, 0.05) is 19.0 Å². The first-order valence-electron chi connectivity index (χ1n) is 15.6. The second-order valence-electron chi connectivity index (χ2n) is 11.2. The number of halogens is 1. The van der Waals surface area contributed by atoms with Gasteiger partial charge in [-0.15, -0.1) is 0 Å². The van der Waals surface area contributed by atoms with Crippen molar-refractivity contribution < 1.29 is 36.2 Å². The van der Waals surface area contributed by atoms with Gasteiger partial charge < -0.3 is 28.2 Å². The lowest BCUT2D eigenvalue weighted by Crippen LogP contribution is -3.00. The second-order valence-corrected chi connectivity index (χ2v) is 12.6. The van der Waals surface area contributed by atoms with Crippen LogP contribution in [0.2, 0.25) is 0 Å². The first-order valence-corrected chi connectivity index (χ1v) is 16.6. The van der Waals surface area contributed by atoms with Gasteiger partial charge in [0.1, 0.15) is 12.1 Å². The van der Waals surface area contributed by atoms with Gasteiger partial charge in [-0.25, -0.2) is 14.4 Å². The number of nitrogens with zero attached hydrogens (tertiary/aromatic N) is 1. The summed E-state index contributed by atoms with van der Waals surface area (Å²) in [5.74, 6) is 0.585. The first-order chi connectivity index (χ1) is 18.8. The molecule has 3 unspecified atom stereocenters. The highest BCUT2D eigenvalue weighted by Gasteiger charge is 2.55. The number of quaternary nitrogens is 1. The minimum atomic E-state index is -0.494. The molecule has 2 rings (SSSR count). The molecule has 7 nitrogen and oxygen atoms in total. The number of nitrogens with two attached hydrogens (primary N) is 1. The number of amides is 1. The molecule has 1 amide bonds. The Morgan fingerprint density at radius 2 is 1.43 bits per heavy atom. The third-order valence-corrected chi connectivity index (χ3v) is 9.90. The van der Waals surface area contributed by atoms with Gasteiger partial charge in [0.05, 0.1) is 18.1 Å². The molecule has 2 heterocycles. The Balaban J connectivity index is 0.00000800. The minimum absolute atomic E-state index is 0. The van der Waals surface area contributed by atoms with Crippen molar-refractivity contribution in [2.24, 2.45) is 5.73 Å². The normalized spacial score (nSPS) is 22.4. The van der Waals surface area contributed by atoms with E-state index in [0.29, 0.717) is 30.1 Å². The van der Waals surface area contributed by atoms with E-state index in [9.17, 15) is 9.59 Å². The molecule has 1 fully saturated rings. The maximum absolute atomic E-state index is 13.0. The summed E-state index contributed by atoms with van der Waals surface area (Å²) in [6.45, 7) is 9.15. The number of likely N-dealkylation sites (N-methyl/N-ethyl adjacent to an activating group) is 1. The number of hydrogen-bond acceptors (Lipinski definition) is 6. The van der Waals surface area contributed by atoms with Gasteiger partial charge in [0.2, 0.25) is 0 Å². The SMILES string of the molecule is CCCCCCCCCCCCCCCCNC(=O)O[N+]1(CC)C(C)=C(C(=O)OC)C(N)=C(C)C1C1CCS1.[Cl-]. The third-order valence-electron chi connectivity index (χ3n) is 8.51. The fourth-order valence-electron chi connectivity index (χ4n) is 5.99. The highest BCUT2D eigenvalue weighted by molar-refractivity contribution is 8.01. The van der Waals surface area contributed by atoms with Crippen molar-refractivity contribution in [3.63, 3.8) is 0 Å². The van der Waals surface area contributed by atoms with Crippen molar-refractivity contribution in [1.29, 1.82) is 0 Å². The standard InChI is InChI=1S/C31H55N3O4S.ClH/c1-6-8-9-10-11-12-13-14-15-16-17-18-19-20-22-33-31(36)38-34(7-2)25(4)27(30(35)37-5)28(32)24(3)29(34)26-21-23-39-26;/h26,29H,6-23,32H2,1-5H3;1H. The monoisotopic (exact) mass is 601 g/mol. The highest BCUT2D eigenvalue weighted by Crippen LogP contribution is 2.46. The van der Waals surface area contributed by atoms with E-state index in [-0.39, 0.29) is 28.3 Å². The molecular formula is C31H56ClN3O4S. The summed E-state index contributed by atoms with van der Waals surface area (Å²) < 4.78 is 4.99. The zero-order valence-electron chi connectivity index (χ0n) is 25.8. The van der Waals surface area contributed by atoms with Crippen molar-refractivity contribution >= 4 is 23.8 Å². The van der Waals surface area contributed by atoms with E-state index in [1.807, 2.05) is 32.5 Å². The van der Waals surface area contributed by atoms with Crippen LogP contribution in [-0.2, 0) is 14.4 Å². The lowest BCUT2D eigenvalue weighted by molar-refractivity contribution is -1.07. The molecular weight excluding hydrogens is 546 g/mol. The number of thioether (sulfide) groups is 1. The number of nitrogens with one attached hydrogen (secondary N) is 1. The smallest absolute Gasteiger partial charge is 0.462 e. The summed E-state index contributed by atoms with van der Waals surface area (Å²) in [4.78, 5) is 31.9. The molecule has 0 saturated carbocycles. The number of hydroxylamine groups is 3. The van der Waals surface area contributed by atoms with Gasteiger partial charge >= 0.3 is 12.1 Å². The van der Waals surface area contributed by atoms with Gasteiger partial charge in [-0.3, -0.25) is 0 Å². The molecule has 40 heavy (non-hydrogen) atoms. The Bertz CT molecular complexity index is 846. The van der Waals surface area contributed by atoms with E-state index in [1.54, 1.807) is 0 Å². The summed E-state index contributed by atoms with van der Waals surface area (Å²) in [6.07, 6.45) is 18.8. The molecule has 0 spiro atoms. The van der Waals surface area contributed by atoms with E-state index in [4.69, 9.17) is 15.3 Å². The van der Waals surface area contributed by atoms with Crippen LogP contribution in [0.1, 0.15) is 124 Å². The number of carbonyl (C=O) groups excluding carboxylic acids is 2. The van der Waals surface area contributed by atoms with E-state index in [2.05, 4.69) is 12.2 Å². The zero-order chi connectivity index (χ0) is 28.7. The largest absolute Gasteiger partial charge is 1.00 e. The lowest BCUT2D eigenvalue weighted by Gasteiger charge is -2.48. The average Bonchev–Trinajstić information content (AvgIpc) is 2.90. The number of ether oxygens (including phenoxy) is 1. The Labute approximate surface area is 254 Å². The van der Waals surface area contributed by atoms with Gasteiger partial charge in [-0.05, 0) is 32.4 Å². The molecule has 3 atom stereocenters. The van der Waals surface area contributed by atoms with Gasteiger partial charge in [-0.1, -0.05) is 95.0 Å². The third kappa shape index (κ3) is 10.2. The summed E-state index contributed by atoms with van der Waals surface area (Å²) in [5.41, 5.74) is 8.74. The molecule has 0 radical (unpaired) electrons. The molecule has 0 aromatic rings. The topological polar surface area (TPSA) is 90.6 Å². The van der Waals surface area contributed by atoms with Crippen LogP contribution >= 0.6 is 11.8 Å². The van der Waals surface area contributed by atoms with Crippen LogP contribution in [-0.4, -0.2) is 54.0 Å². The summed E-state index contributed by atoms with van der Waals surface area (Å²) in [6, 6.07) is -0.117. The van der Waals surface area contributed by atoms with E-state index < -0.39 is 12.1 Å². The van der Waals surface area contributed by atoms with Gasteiger partial charge in [0.25, 0.3) is 0 Å². The molecule has 232 valence electrons. The maximum atomic E-state index is 13.0. The Hall–Kier alpha value is -1.38. The molecule has 0 aliphatic carbocycles. The summed E-state index contributed by atoms with van der Waals surface area (Å²) in [7, 11) is 1.35. The molecule has 2 aliphatic heterocycles. The summed E-state index contributed by atoms with van der Waals surface area (Å²) >= 11 is 1.86. The molecule has 3 N–H and O–H groups in total. The Morgan fingerprint density at radius 3 is 1.85 bits per heavy atom. The first kappa shape index (κ1) is 36.6. The van der Waals surface area contributed by atoms with E-state index in [0.717, 1.165) is 30.6 Å². The number of esters is 1. The predicted octanol–water partition coefficient (Wildman–Crippen LogP) is 4.52. The fraction of sp³-hybridized carbons (Fsp3) is 0.806. The average molecular weight is 602 g/mol. The van der Waals surface area contributed by atoms with Crippen LogP contribution in [0.4, 0.5) is 4.79 Å². The van der Waals surface area contributed by atoms with Crippen LogP contribution in [0, 0.1) is 0 Å². The summed E-state index contributed by atoms with van der Waals surface area (Å²) in [5, 5.41) is 3.25. The second kappa shape index (κ2) is 19.7. The van der Waals surface area contributed by atoms with Crippen LogP contribution in [0.15, 0.2) is 22.5 Å². The number of carbonyl (C=O) groups is 2. The predicted molar refractivity (Wildman–Crippen MR) is 162 cm³/mol. The van der Waals surface area contributed by atoms with Crippen molar-refractivity contribution in [3.8, 4) is 0 Å². The Morgan fingerprint density at radius 1 is 0.925 bits per heavy atom. The van der Waals surface area contributed by atoms with Crippen LogP contribution in [0.3, 0.4) is 0 Å². The van der Waals surface area contributed by atoms with Crippen LogP contribution in [0.5, 0.6) is 0 Å². The zero-order valence-corrected chi connectivity index (χ0v) is 27.4. The van der Waals surface area contributed by atoms with E-state index in [1.165, 1.54) is 84.2 Å². The molecule has 9 heteroatoms. The van der Waals surface area contributed by atoms with Crippen LogP contribution < -0.4 is 23.5 Å². The number of rotatable bonds is 19.